The summed E-state index contributed by atoms with van der Waals surface area (Å²) in [7, 11) is 0. The van der Waals surface area contributed by atoms with Crippen LogP contribution in [0.4, 0.5) is 15.8 Å². The molecule has 0 amide bonds. The first-order valence-corrected chi connectivity index (χ1v) is 6.91. The van der Waals surface area contributed by atoms with Crippen LogP contribution >= 0.6 is 22.6 Å². The van der Waals surface area contributed by atoms with Gasteiger partial charge >= 0.3 is 0 Å². The molecular weight excluding hydrogens is 364 g/mol. The van der Waals surface area contributed by atoms with Crippen molar-refractivity contribution in [2.75, 3.05) is 25.0 Å². The minimum Gasteiger partial charge on any atom is -0.376 e. The Labute approximate surface area is 123 Å². The number of halogens is 2. The molecule has 0 saturated carbocycles. The second kappa shape index (κ2) is 6.29. The Bertz CT molecular complexity index is 534. The van der Waals surface area contributed by atoms with Crippen molar-refractivity contribution in [3.05, 3.63) is 43.3 Å². The Morgan fingerprint density at radius 2 is 2.32 bits per heavy atom. The van der Waals surface area contributed by atoms with Crippen LogP contribution in [0.15, 0.2) is 23.8 Å². The van der Waals surface area contributed by atoms with Crippen LogP contribution < -0.4 is 10.6 Å². The van der Waals surface area contributed by atoms with E-state index < -0.39 is 10.7 Å². The average Bonchev–Trinajstić information content (AvgIpc) is 2.40. The van der Waals surface area contributed by atoms with Gasteiger partial charge in [-0.1, -0.05) is 11.6 Å². The van der Waals surface area contributed by atoms with Gasteiger partial charge in [-0.3, -0.25) is 10.1 Å². The predicted molar refractivity (Wildman–Crippen MR) is 79.8 cm³/mol. The molecule has 2 rings (SSSR count). The van der Waals surface area contributed by atoms with Gasteiger partial charge in [-0.05, 0) is 35.6 Å². The summed E-state index contributed by atoms with van der Waals surface area (Å²) in [6, 6.07) is 2.43. The van der Waals surface area contributed by atoms with Gasteiger partial charge in [0.25, 0.3) is 5.69 Å². The first-order chi connectivity index (χ1) is 9.08. The van der Waals surface area contributed by atoms with E-state index in [1.807, 2.05) is 6.08 Å². The lowest BCUT2D eigenvalue weighted by molar-refractivity contribution is -0.384. The van der Waals surface area contributed by atoms with Crippen LogP contribution in [0.5, 0.6) is 0 Å². The van der Waals surface area contributed by atoms with E-state index in [2.05, 4.69) is 10.6 Å². The lowest BCUT2D eigenvalue weighted by Gasteiger charge is -2.15. The van der Waals surface area contributed by atoms with Crippen LogP contribution in [0.2, 0.25) is 0 Å². The molecular formula is C12H13FIN3O2. The first kappa shape index (κ1) is 14.2. The molecule has 1 aromatic carbocycles. The van der Waals surface area contributed by atoms with E-state index in [4.69, 9.17) is 0 Å². The number of nitrogens with zero attached hydrogens (tertiary/aromatic N) is 1. The summed E-state index contributed by atoms with van der Waals surface area (Å²) in [5, 5.41) is 17.1. The first-order valence-electron chi connectivity index (χ1n) is 5.84. The fourth-order valence-electron chi connectivity index (χ4n) is 1.87. The van der Waals surface area contributed by atoms with E-state index in [0.717, 1.165) is 19.5 Å². The van der Waals surface area contributed by atoms with Gasteiger partial charge in [0.2, 0.25) is 0 Å². The van der Waals surface area contributed by atoms with Crippen LogP contribution in [0, 0.1) is 19.5 Å². The maximum absolute atomic E-state index is 13.5. The molecule has 0 saturated heterocycles. The maximum atomic E-state index is 13.5. The third-order valence-electron chi connectivity index (χ3n) is 2.90. The van der Waals surface area contributed by atoms with Crippen LogP contribution in [-0.2, 0) is 0 Å². The van der Waals surface area contributed by atoms with Crippen molar-refractivity contribution >= 4 is 34.0 Å². The van der Waals surface area contributed by atoms with Crippen molar-refractivity contribution < 1.29 is 9.31 Å². The minimum atomic E-state index is -0.499. The molecule has 0 bridgehead atoms. The zero-order chi connectivity index (χ0) is 13.8. The van der Waals surface area contributed by atoms with Crippen LogP contribution in [0.25, 0.3) is 0 Å². The molecule has 102 valence electrons. The van der Waals surface area contributed by atoms with Gasteiger partial charge in [0.1, 0.15) is 11.5 Å². The molecule has 0 aliphatic carbocycles. The monoisotopic (exact) mass is 377 g/mol. The van der Waals surface area contributed by atoms with E-state index >= 15 is 0 Å². The number of anilines is 1. The molecule has 19 heavy (non-hydrogen) atoms. The van der Waals surface area contributed by atoms with Crippen molar-refractivity contribution in [2.45, 2.75) is 6.42 Å². The maximum Gasteiger partial charge on any atom is 0.293 e. The van der Waals surface area contributed by atoms with Crippen molar-refractivity contribution in [3.8, 4) is 0 Å². The lowest BCUT2D eigenvalue weighted by Crippen LogP contribution is -2.23. The summed E-state index contributed by atoms with van der Waals surface area (Å²) < 4.78 is 13.7. The normalized spacial score (nSPS) is 14.9. The molecule has 0 aromatic heterocycles. The quantitative estimate of drug-likeness (QED) is 0.367. The summed E-state index contributed by atoms with van der Waals surface area (Å²) in [5.74, 6) is -0.451. The van der Waals surface area contributed by atoms with Crippen LogP contribution in [0.3, 0.4) is 0 Å². The second-order valence-electron chi connectivity index (χ2n) is 4.21. The molecule has 0 unspecified atom stereocenters. The number of nitro benzene ring substituents is 1. The summed E-state index contributed by atoms with van der Waals surface area (Å²) in [5.41, 5.74) is 1.30. The summed E-state index contributed by atoms with van der Waals surface area (Å²) in [4.78, 5) is 10.5. The molecule has 0 spiro atoms. The van der Waals surface area contributed by atoms with Gasteiger partial charge in [0.15, 0.2) is 0 Å². The third kappa shape index (κ3) is 3.63. The lowest BCUT2D eigenvalue weighted by atomic mass is 10.1. The van der Waals surface area contributed by atoms with Crippen LogP contribution in [-0.4, -0.2) is 24.6 Å². The number of rotatable bonds is 4. The van der Waals surface area contributed by atoms with E-state index in [1.165, 1.54) is 17.7 Å². The van der Waals surface area contributed by atoms with Crippen molar-refractivity contribution in [3.63, 3.8) is 0 Å². The molecule has 5 nitrogen and oxygen atoms in total. The molecule has 1 aliphatic rings. The average molecular weight is 377 g/mol. The molecule has 1 aliphatic heterocycles. The van der Waals surface area contributed by atoms with Gasteiger partial charge in [-0.2, -0.15) is 0 Å². The topological polar surface area (TPSA) is 67.2 Å². The molecule has 0 radical (unpaired) electrons. The van der Waals surface area contributed by atoms with Crippen LogP contribution in [0.1, 0.15) is 6.42 Å². The van der Waals surface area contributed by atoms with E-state index in [-0.39, 0.29) is 14.9 Å². The zero-order valence-electron chi connectivity index (χ0n) is 10.1. The van der Waals surface area contributed by atoms with Crippen molar-refractivity contribution in [1.29, 1.82) is 0 Å². The molecule has 2 N–H and O–H groups in total. The fourth-order valence-corrected chi connectivity index (χ4v) is 2.32. The Balaban J connectivity index is 2.16. The van der Waals surface area contributed by atoms with E-state index in [9.17, 15) is 14.5 Å². The predicted octanol–water partition coefficient (Wildman–Crippen LogP) is 2.67. The van der Waals surface area contributed by atoms with E-state index in [0.29, 0.717) is 6.54 Å². The number of nitrogens with one attached hydrogen (secondary N) is 2. The number of hydrogen-bond donors (Lipinski definition) is 2. The van der Waals surface area contributed by atoms with Crippen molar-refractivity contribution in [1.82, 2.24) is 5.32 Å². The Kier molecular flexibility index (Phi) is 4.70. The summed E-state index contributed by atoms with van der Waals surface area (Å²) in [6.07, 6.45) is 2.94. The number of nitro groups is 1. The largest absolute Gasteiger partial charge is 0.376 e. The van der Waals surface area contributed by atoms with Gasteiger partial charge in [0, 0.05) is 25.2 Å². The van der Waals surface area contributed by atoms with Crippen molar-refractivity contribution in [2.24, 2.45) is 0 Å². The molecule has 1 heterocycles. The smallest absolute Gasteiger partial charge is 0.293 e. The summed E-state index contributed by atoms with van der Waals surface area (Å²) in [6.45, 7) is 2.21. The van der Waals surface area contributed by atoms with Gasteiger partial charge in [-0.25, -0.2) is 4.39 Å². The van der Waals surface area contributed by atoms with Gasteiger partial charge < -0.3 is 10.6 Å². The number of hydrogen-bond acceptors (Lipinski definition) is 4. The Hall–Kier alpha value is -1.22. The highest BCUT2D eigenvalue weighted by atomic mass is 127. The molecule has 7 heteroatoms. The highest BCUT2D eigenvalue weighted by Gasteiger charge is 2.17. The highest BCUT2D eigenvalue weighted by Crippen LogP contribution is 2.28. The highest BCUT2D eigenvalue weighted by molar-refractivity contribution is 14.1. The Morgan fingerprint density at radius 1 is 1.53 bits per heavy atom. The van der Waals surface area contributed by atoms with E-state index in [1.54, 1.807) is 22.6 Å². The van der Waals surface area contributed by atoms with Gasteiger partial charge in [0.05, 0.1) is 8.49 Å². The molecule has 0 atom stereocenters. The molecule has 1 aromatic rings. The van der Waals surface area contributed by atoms with Gasteiger partial charge in [-0.15, -0.1) is 0 Å². The Morgan fingerprint density at radius 3 is 2.95 bits per heavy atom. The summed E-state index contributed by atoms with van der Waals surface area (Å²) >= 11 is 1.74. The molecule has 0 fully saturated rings. The standard InChI is InChI=1S/C12H13FIN3O2/c13-9-5-11(12(17(18)19)6-10(9)14)16-7-8-1-3-15-4-2-8/h1,5-6,15-16H,2-4,7H2. The SMILES string of the molecule is O=[N+]([O-])c1cc(I)c(F)cc1NCC1=CCNCC1. The zero-order valence-corrected chi connectivity index (χ0v) is 12.2. The number of benzene rings is 1. The second-order valence-corrected chi connectivity index (χ2v) is 5.37. The minimum absolute atomic E-state index is 0.0969. The third-order valence-corrected chi connectivity index (χ3v) is 3.73. The fraction of sp³-hybridized carbons (Fsp3) is 0.333.